The zero-order chi connectivity index (χ0) is 18.4. The number of anilines is 1. The SMILES string of the molecule is COC(=O)c1cccc(NC(=O)c2ccc(OC)c(OC(F)F)c2)c1. The molecule has 1 N–H and O–H groups in total. The molecule has 0 bridgehead atoms. The predicted molar refractivity (Wildman–Crippen MR) is 85.4 cm³/mol. The molecule has 0 unspecified atom stereocenters. The van der Waals surface area contributed by atoms with Crippen LogP contribution in [0.15, 0.2) is 42.5 Å². The highest BCUT2D eigenvalue weighted by Crippen LogP contribution is 2.29. The summed E-state index contributed by atoms with van der Waals surface area (Å²) in [5, 5.41) is 2.57. The summed E-state index contributed by atoms with van der Waals surface area (Å²) >= 11 is 0. The Kier molecular flexibility index (Phi) is 5.89. The second-order valence-corrected chi connectivity index (χ2v) is 4.77. The molecule has 0 saturated heterocycles. The number of carbonyl (C=O) groups excluding carboxylic acids is 2. The Balaban J connectivity index is 2.22. The van der Waals surface area contributed by atoms with Crippen molar-refractivity contribution in [3.05, 3.63) is 53.6 Å². The van der Waals surface area contributed by atoms with Gasteiger partial charge in [-0.3, -0.25) is 4.79 Å². The number of rotatable bonds is 6. The van der Waals surface area contributed by atoms with Crippen molar-refractivity contribution in [1.29, 1.82) is 0 Å². The van der Waals surface area contributed by atoms with Crippen molar-refractivity contribution in [2.75, 3.05) is 19.5 Å². The molecule has 6 nitrogen and oxygen atoms in total. The molecule has 1 amide bonds. The summed E-state index contributed by atoms with van der Waals surface area (Å²) in [5.74, 6) is -1.30. The zero-order valence-electron chi connectivity index (χ0n) is 13.4. The molecule has 0 fully saturated rings. The van der Waals surface area contributed by atoms with E-state index in [0.29, 0.717) is 5.69 Å². The first-order valence-corrected chi connectivity index (χ1v) is 7.07. The Morgan fingerprint density at radius 3 is 2.40 bits per heavy atom. The lowest BCUT2D eigenvalue weighted by atomic mass is 10.1. The van der Waals surface area contributed by atoms with E-state index in [9.17, 15) is 18.4 Å². The predicted octanol–water partition coefficient (Wildman–Crippen LogP) is 3.34. The number of hydrogen-bond acceptors (Lipinski definition) is 5. The fraction of sp³-hybridized carbons (Fsp3) is 0.176. The molecule has 25 heavy (non-hydrogen) atoms. The number of hydrogen-bond donors (Lipinski definition) is 1. The maximum atomic E-state index is 12.4. The second-order valence-electron chi connectivity index (χ2n) is 4.77. The lowest BCUT2D eigenvalue weighted by molar-refractivity contribution is -0.0512. The van der Waals surface area contributed by atoms with Gasteiger partial charge in [0.25, 0.3) is 5.91 Å². The zero-order valence-corrected chi connectivity index (χ0v) is 13.4. The van der Waals surface area contributed by atoms with Gasteiger partial charge in [0, 0.05) is 11.3 Å². The van der Waals surface area contributed by atoms with Gasteiger partial charge in [0.1, 0.15) is 0 Å². The third-order valence-electron chi connectivity index (χ3n) is 3.18. The van der Waals surface area contributed by atoms with Crippen molar-refractivity contribution in [1.82, 2.24) is 0 Å². The highest BCUT2D eigenvalue weighted by Gasteiger charge is 2.15. The van der Waals surface area contributed by atoms with Crippen LogP contribution >= 0.6 is 0 Å². The smallest absolute Gasteiger partial charge is 0.387 e. The topological polar surface area (TPSA) is 73.9 Å². The second kappa shape index (κ2) is 8.09. The van der Waals surface area contributed by atoms with Gasteiger partial charge in [-0.1, -0.05) is 6.07 Å². The number of ether oxygens (including phenoxy) is 3. The summed E-state index contributed by atoms with van der Waals surface area (Å²) in [6.07, 6.45) is 0. The summed E-state index contributed by atoms with van der Waals surface area (Å²) in [6, 6.07) is 10.00. The van der Waals surface area contributed by atoms with E-state index in [2.05, 4.69) is 14.8 Å². The van der Waals surface area contributed by atoms with Gasteiger partial charge < -0.3 is 19.5 Å². The average Bonchev–Trinajstić information content (AvgIpc) is 2.60. The highest BCUT2D eigenvalue weighted by atomic mass is 19.3. The van der Waals surface area contributed by atoms with Crippen LogP contribution in [-0.4, -0.2) is 32.7 Å². The van der Waals surface area contributed by atoms with E-state index in [0.717, 1.165) is 6.07 Å². The van der Waals surface area contributed by atoms with Crippen LogP contribution in [0.3, 0.4) is 0 Å². The molecule has 0 spiro atoms. The van der Waals surface area contributed by atoms with Gasteiger partial charge in [-0.25, -0.2) is 4.79 Å². The van der Waals surface area contributed by atoms with Crippen molar-refractivity contribution in [3.8, 4) is 11.5 Å². The molecule has 0 heterocycles. The molecular weight excluding hydrogens is 336 g/mol. The maximum Gasteiger partial charge on any atom is 0.387 e. The first-order chi connectivity index (χ1) is 11.9. The van der Waals surface area contributed by atoms with E-state index in [1.165, 1.54) is 38.5 Å². The fourth-order valence-corrected chi connectivity index (χ4v) is 2.05. The molecule has 0 aliphatic rings. The minimum absolute atomic E-state index is 0.0736. The van der Waals surface area contributed by atoms with Crippen LogP contribution in [0.2, 0.25) is 0 Å². The molecule has 8 heteroatoms. The Hall–Kier alpha value is -3.16. The number of alkyl halides is 2. The Bertz CT molecular complexity index is 779. The van der Waals surface area contributed by atoms with Gasteiger partial charge in [0.05, 0.1) is 19.8 Å². The third kappa shape index (κ3) is 4.66. The minimum Gasteiger partial charge on any atom is -0.493 e. The standard InChI is InChI=1S/C17H15F2NO5/c1-23-13-7-6-10(9-14(13)25-17(18)19)15(21)20-12-5-3-4-11(8-12)16(22)24-2/h3-9,17H,1-2H3,(H,20,21). The molecule has 0 aliphatic heterocycles. The van der Waals surface area contributed by atoms with Gasteiger partial charge in [0.15, 0.2) is 11.5 Å². The molecule has 0 aromatic heterocycles. The summed E-state index contributed by atoms with van der Waals surface area (Å²) in [7, 11) is 2.54. The van der Waals surface area contributed by atoms with Gasteiger partial charge in [-0.15, -0.1) is 0 Å². The lowest BCUT2D eigenvalue weighted by Gasteiger charge is -2.12. The van der Waals surface area contributed by atoms with Crippen LogP contribution in [0.4, 0.5) is 14.5 Å². The van der Waals surface area contributed by atoms with Crippen LogP contribution in [0, 0.1) is 0 Å². The molecule has 2 aromatic carbocycles. The molecule has 2 aromatic rings. The van der Waals surface area contributed by atoms with Gasteiger partial charge in [-0.2, -0.15) is 8.78 Å². The Labute approximate surface area is 142 Å². The molecule has 0 saturated carbocycles. The molecular formula is C17H15F2NO5. The molecule has 2 rings (SSSR count). The molecule has 0 radical (unpaired) electrons. The summed E-state index contributed by atoms with van der Waals surface area (Å²) in [6.45, 7) is -3.05. The third-order valence-corrected chi connectivity index (χ3v) is 3.18. The quantitative estimate of drug-likeness (QED) is 0.808. The van der Waals surface area contributed by atoms with E-state index in [1.54, 1.807) is 12.1 Å². The average molecular weight is 351 g/mol. The van der Waals surface area contributed by atoms with Crippen molar-refractivity contribution >= 4 is 17.6 Å². The molecule has 0 atom stereocenters. The number of esters is 1. The number of nitrogens with one attached hydrogen (secondary N) is 1. The van der Waals surface area contributed by atoms with E-state index in [-0.39, 0.29) is 22.6 Å². The minimum atomic E-state index is -3.05. The number of carbonyl (C=O) groups is 2. The van der Waals surface area contributed by atoms with Crippen LogP contribution in [0.5, 0.6) is 11.5 Å². The number of methoxy groups -OCH3 is 2. The first-order valence-electron chi connectivity index (χ1n) is 7.07. The summed E-state index contributed by atoms with van der Waals surface area (Å²) in [5.41, 5.74) is 0.691. The van der Waals surface area contributed by atoms with E-state index >= 15 is 0 Å². The maximum absolute atomic E-state index is 12.4. The van der Waals surface area contributed by atoms with Crippen molar-refractivity contribution in [2.45, 2.75) is 6.61 Å². The van der Waals surface area contributed by atoms with Gasteiger partial charge >= 0.3 is 12.6 Å². The summed E-state index contributed by atoms with van der Waals surface area (Å²) < 4.78 is 38.8. The van der Waals surface area contributed by atoms with Crippen LogP contribution in [0.25, 0.3) is 0 Å². The number of halogens is 2. The lowest BCUT2D eigenvalue weighted by Crippen LogP contribution is -2.13. The fourth-order valence-electron chi connectivity index (χ4n) is 2.05. The summed E-state index contributed by atoms with van der Waals surface area (Å²) in [4.78, 5) is 23.8. The molecule has 0 aliphatic carbocycles. The van der Waals surface area contributed by atoms with Crippen LogP contribution < -0.4 is 14.8 Å². The molecule has 132 valence electrons. The Morgan fingerprint density at radius 2 is 1.76 bits per heavy atom. The highest BCUT2D eigenvalue weighted by molar-refractivity contribution is 6.05. The first kappa shape index (κ1) is 18.2. The van der Waals surface area contributed by atoms with Crippen LogP contribution in [0.1, 0.15) is 20.7 Å². The van der Waals surface area contributed by atoms with Crippen LogP contribution in [-0.2, 0) is 4.74 Å². The van der Waals surface area contributed by atoms with Gasteiger partial charge in [-0.05, 0) is 36.4 Å². The van der Waals surface area contributed by atoms with Gasteiger partial charge in [0.2, 0.25) is 0 Å². The Morgan fingerprint density at radius 1 is 1.00 bits per heavy atom. The monoisotopic (exact) mass is 351 g/mol. The van der Waals surface area contributed by atoms with Crippen molar-refractivity contribution in [2.24, 2.45) is 0 Å². The van der Waals surface area contributed by atoms with E-state index in [1.807, 2.05) is 0 Å². The number of amides is 1. The normalized spacial score (nSPS) is 10.3. The van der Waals surface area contributed by atoms with Crippen molar-refractivity contribution < 1.29 is 32.6 Å². The number of benzene rings is 2. The van der Waals surface area contributed by atoms with E-state index < -0.39 is 18.5 Å². The van der Waals surface area contributed by atoms with Crippen molar-refractivity contribution in [3.63, 3.8) is 0 Å². The largest absolute Gasteiger partial charge is 0.493 e. The van der Waals surface area contributed by atoms with E-state index in [4.69, 9.17) is 4.74 Å².